The Hall–Kier alpha value is -2.63. The predicted molar refractivity (Wildman–Crippen MR) is 107 cm³/mol. The summed E-state index contributed by atoms with van der Waals surface area (Å²) in [5.41, 5.74) is 1.63. The molecule has 132 valence electrons. The maximum absolute atomic E-state index is 11.9. The number of rotatable bonds is 5. The van der Waals surface area contributed by atoms with Gasteiger partial charge in [-0.1, -0.05) is 48.0 Å². The molecule has 1 amide bonds. The molecular weight excluding hydrogens is 370 g/mol. The van der Waals surface area contributed by atoms with Crippen LogP contribution in [-0.2, 0) is 14.3 Å². The Morgan fingerprint density at radius 2 is 1.88 bits per heavy atom. The number of anilines is 1. The number of amides is 1. The highest BCUT2D eigenvalue weighted by Crippen LogP contribution is 2.35. The second-order valence-corrected chi connectivity index (χ2v) is 7.04. The second-order valence-electron chi connectivity index (χ2n) is 5.58. The van der Waals surface area contributed by atoms with Gasteiger partial charge in [-0.25, -0.2) is 4.79 Å². The van der Waals surface area contributed by atoms with Crippen molar-refractivity contribution < 1.29 is 14.3 Å². The molecule has 1 N–H and O–H groups in total. The van der Waals surface area contributed by atoms with Gasteiger partial charge in [0.1, 0.15) is 0 Å². The van der Waals surface area contributed by atoms with Gasteiger partial charge in [0, 0.05) is 26.7 Å². The van der Waals surface area contributed by atoms with E-state index in [9.17, 15) is 9.59 Å². The summed E-state index contributed by atoms with van der Waals surface area (Å²) in [6.45, 7) is 1.54. The summed E-state index contributed by atoms with van der Waals surface area (Å²) in [5.74, 6) is -0.987. The van der Waals surface area contributed by atoms with Crippen LogP contribution in [0.3, 0.4) is 0 Å². The van der Waals surface area contributed by atoms with Gasteiger partial charge in [0.15, 0.2) is 6.61 Å². The van der Waals surface area contributed by atoms with Gasteiger partial charge in [-0.2, -0.15) is 0 Å². The summed E-state index contributed by atoms with van der Waals surface area (Å²) in [4.78, 5) is 24.5. The number of hydrogen-bond donors (Lipinski definition) is 1. The lowest BCUT2D eigenvalue weighted by Gasteiger charge is -2.07. The van der Waals surface area contributed by atoms with Gasteiger partial charge < -0.3 is 10.1 Å². The SMILES string of the molecule is Cc1ccccc1NC(=O)COC(=O)/C=C/c1sc2ccccc2c1Cl. The van der Waals surface area contributed by atoms with Gasteiger partial charge in [0.05, 0.1) is 5.02 Å². The van der Waals surface area contributed by atoms with E-state index in [2.05, 4.69) is 5.32 Å². The Morgan fingerprint density at radius 3 is 2.65 bits per heavy atom. The monoisotopic (exact) mass is 385 g/mol. The van der Waals surface area contributed by atoms with Gasteiger partial charge in [-0.3, -0.25) is 4.79 Å². The predicted octanol–water partition coefficient (Wildman–Crippen LogP) is 5.06. The number of para-hydroxylation sites is 1. The summed E-state index contributed by atoms with van der Waals surface area (Å²) < 4.78 is 6.02. The quantitative estimate of drug-likeness (QED) is 0.493. The first-order chi connectivity index (χ1) is 12.5. The molecule has 3 aromatic rings. The molecular formula is C20H16ClNO3S. The summed E-state index contributed by atoms with van der Waals surface area (Å²) in [6.07, 6.45) is 2.88. The standard InChI is InChI=1S/C20H16ClNO3S/c1-13-6-2-4-8-15(13)22-18(23)12-25-19(24)11-10-17-20(21)14-7-3-5-9-16(14)26-17/h2-11H,12H2,1H3,(H,22,23)/b11-10+. The zero-order valence-electron chi connectivity index (χ0n) is 14.0. The number of ether oxygens (including phenoxy) is 1. The number of nitrogens with one attached hydrogen (secondary N) is 1. The number of esters is 1. The van der Waals surface area contributed by atoms with Crippen molar-refractivity contribution in [1.29, 1.82) is 0 Å². The highest BCUT2D eigenvalue weighted by molar-refractivity contribution is 7.20. The molecule has 1 aromatic heterocycles. The third kappa shape index (κ3) is 4.31. The van der Waals surface area contributed by atoms with Crippen LogP contribution in [0.5, 0.6) is 0 Å². The number of hydrogen-bond acceptors (Lipinski definition) is 4. The Kier molecular flexibility index (Phi) is 5.71. The minimum atomic E-state index is -0.599. The number of thiophene rings is 1. The summed E-state index contributed by atoms with van der Waals surface area (Å²) in [7, 11) is 0. The maximum atomic E-state index is 11.9. The van der Waals surface area contributed by atoms with Crippen LogP contribution in [0.1, 0.15) is 10.4 Å². The van der Waals surface area contributed by atoms with E-state index in [0.29, 0.717) is 10.7 Å². The highest BCUT2D eigenvalue weighted by atomic mass is 35.5. The van der Waals surface area contributed by atoms with Gasteiger partial charge in [-0.15, -0.1) is 11.3 Å². The van der Waals surface area contributed by atoms with Crippen molar-refractivity contribution in [3.05, 3.63) is 70.1 Å². The van der Waals surface area contributed by atoms with Crippen LogP contribution in [0.2, 0.25) is 5.02 Å². The van der Waals surface area contributed by atoms with Gasteiger partial charge in [0.25, 0.3) is 5.91 Å². The van der Waals surface area contributed by atoms with Crippen LogP contribution in [0.25, 0.3) is 16.2 Å². The van der Waals surface area contributed by atoms with Crippen molar-refractivity contribution in [2.45, 2.75) is 6.92 Å². The Labute approximate surface area is 160 Å². The highest BCUT2D eigenvalue weighted by Gasteiger charge is 2.09. The fraction of sp³-hybridized carbons (Fsp3) is 0.100. The molecule has 0 aliphatic carbocycles. The van der Waals surface area contributed by atoms with Crippen molar-refractivity contribution in [1.82, 2.24) is 0 Å². The molecule has 0 atom stereocenters. The zero-order chi connectivity index (χ0) is 18.5. The van der Waals surface area contributed by atoms with E-state index >= 15 is 0 Å². The second kappa shape index (κ2) is 8.17. The number of carbonyl (C=O) groups excluding carboxylic acids is 2. The number of aryl methyl sites for hydroxylation is 1. The van der Waals surface area contributed by atoms with Crippen molar-refractivity contribution in [3.63, 3.8) is 0 Å². The molecule has 0 aliphatic rings. The van der Waals surface area contributed by atoms with Crippen molar-refractivity contribution >= 4 is 56.7 Å². The van der Waals surface area contributed by atoms with Crippen LogP contribution < -0.4 is 5.32 Å². The van der Waals surface area contributed by atoms with E-state index in [4.69, 9.17) is 16.3 Å². The van der Waals surface area contributed by atoms with Crippen LogP contribution in [0.15, 0.2) is 54.6 Å². The summed E-state index contributed by atoms with van der Waals surface area (Å²) in [6, 6.07) is 15.1. The van der Waals surface area contributed by atoms with E-state index in [1.807, 2.05) is 49.4 Å². The lowest BCUT2D eigenvalue weighted by molar-refractivity contribution is -0.142. The molecule has 26 heavy (non-hydrogen) atoms. The first-order valence-electron chi connectivity index (χ1n) is 7.92. The van der Waals surface area contributed by atoms with Gasteiger partial charge in [0.2, 0.25) is 0 Å². The minimum absolute atomic E-state index is 0.350. The van der Waals surface area contributed by atoms with E-state index in [1.54, 1.807) is 12.1 Å². The normalized spacial score (nSPS) is 11.0. The van der Waals surface area contributed by atoms with E-state index in [1.165, 1.54) is 17.4 Å². The lowest BCUT2D eigenvalue weighted by Crippen LogP contribution is -2.20. The molecule has 1 heterocycles. The molecule has 0 bridgehead atoms. The summed E-state index contributed by atoms with van der Waals surface area (Å²) in [5, 5.41) is 4.26. The van der Waals surface area contributed by atoms with Crippen molar-refractivity contribution in [3.8, 4) is 0 Å². The van der Waals surface area contributed by atoms with Crippen LogP contribution in [-0.4, -0.2) is 18.5 Å². The third-order valence-corrected chi connectivity index (χ3v) is 5.35. The number of halogens is 1. The van der Waals surface area contributed by atoms with Crippen LogP contribution in [0, 0.1) is 6.92 Å². The van der Waals surface area contributed by atoms with Crippen LogP contribution in [0.4, 0.5) is 5.69 Å². The third-order valence-electron chi connectivity index (χ3n) is 3.70. The number of benzene rings is 2. The Bertz CT molecular complexity index is 994. The first-order valence-corrected chi connectivity index (χ1v) is 9.11. The smallest absolute Gasteiger partial charge is 0.331 e. The molecule has 0 aliphatic heterocycles. The molecule has 4 nitrogen and oxygen atoms in total. The minimum Gasteiger partial charge on any atom is -0.452 e. The van der Waals surface area contributed by atoms with E-state index < -0.39 is 5.97 Å². The molecule has 0 saturated carbocycles. The Morgan fingerprint density at radius 1 is 1.15 bits per heavy atom. The fourth-order valence-electron chi connectivity index (χ4n) is 2.37. The summed E-state index contributed by atoms with van der Waals surface area (Å²) >= 11 is 7.80. The van der Waals surface area contributed by atoms with Crippen molar-refractivity contribution in [2.75, 3.05) is 11.9 Å². The largest absolute Gasteiger partial charge is 0.452 e. The van der Waals surface area contributed by atoms with Crippen molar-refractivity contribution in [2.24, 2.45) is 0 Å². The van der Waals surface area contributed by atoms with Crippen LogP contribution >= 0.6 is 22.9 Å². The van der Waals surface area contributed by atoms with Gasteiger partial charge in [-0.05, 0) is 30.7 Å². The average molecular weight is 386 g/mol. The lowest BCUT2D eigenvalue weighted by atomic mass is 10.2. The molecule has 3 rings (SSSR count). The molecule has 0 radical (unpaired) electrons. The van der Waals surface area contributed by atoms with Gasteiger partial charge >= 0.3 is 5.97 Å². The molecule has 6 heteroatoms. The maximum Gasteiger partial charge on any atom is 0.331 e. The topological polar surface area (TPSA) is 55.4 Å². The number of fused-ring (bicyclic) bond motifs is 1. The molecule has 0 fully saturated rings. The molecule has 0 unspecified atom stereocenters. The Balaban J connectivity index is 1.56. The molecule has 2 aromatic carbocycles. The fourth-order valence-corrected chi connectivity index (χ4v) is 3.77. The number of carbonyl (C=O) groups is 2. The molecule has 0 spiro atoms. The van der Waals surface area contributed by atoms with E-state index in [-0.39, 0.29) is 12.5 Å². The zero-order valence-corrected chi connectivity index (χ0v) is 15.6. The molecule has 0 saturated heterocycles. The first kappa shape index (κ1) is 18.2. The average Bonchev–Trinajstić information content (AvgIpc) is 2.96. The van der Waals surface area contributed by atoms with E-state index in [0.717, 1.165) is 20.5 Å².